The lowest BCUT2D eigenvalue weighted by molar-refractivity contribution is -0.131. The summed E-state index contributed by atoms with van der Waals surface area (Å²) in [7, 11) is 0. The highest BCUT2D eigenvalue weighted by Gasteiger charge is 2.39. The van der Waals surface area contributed by atoms with Gasteiger partial charge in [-0.15, -0.1) is 0 Å². The van der Waals surface area contributed by atoms with Crippen LogP contribution in [0.5, 0.6) is 0 Å². The number of nitrogens with one attached hydrogen (secondary N) is 3. The number of hydrogen-bond acceptors (Lipinski definition) is 5. The van der Waals surface area contributed by atoms with Gasteiger partial charge < -0.3 is 25.6 Å². The Balaban J connectivity index is 1.73. The van der Waals surface area contributed by atoms with Crippen LogP contribution < -0.4 is 16.0 Å². The summed E-state index contributed by atoms with van der Waals surface area (Å²) in [5.41, 5.74) is 0.623. The Morgan fingerprint density at radius 1 is 1.03 bits per heavy atom. The molecule has 3 N–H and O–H groups in total. The van der Waals surface area contributed by atoms with Gasteiger partial charge in [0, 0.05) is 43.7 Å². The van der Waals surface area contributed by atoms with Crippen LogP contribution in [0.25, 0.3) is 0 Å². The fourth-order valence-corrected chi connectivity index (χ4v) is 3.36. The molecule has 0 aromatic heterocycles. The summed E-state index contributed by atoms with van der Waals surface area (Å²) in [6.45, 7) is 12.1. The second-order valence-electron chi connectivity index (χ2n) is 10.2. The number of anilines is 1. The number of likely N-dealkylation sites (tertiary alicyclic amines) is 1. The van der Waals surface area contributed by atoms with E-state index in [4.69, 9.17) is 4.74 Å². The molecule has 1 aliphatic rings. The maximum atomic E-state index is 12.6. The fourth-order valence-electron chi connectivity index (χ4n) is 3.36. The standard InChI is InChI=1S/C24H36N4O5/c1-23(2,3)28-15-17(13-20(28)30)21(31)27-18-9-7-16(8-10-18)14-26-19(29)11-12-25-22(32)33-24(4,5)6/h7-10,17H,11-15H2,1-6H3,(H,25,32)(H,26,29)(H,27,31). The minimum Gasteiger partial charge on any atom is -0.444 e. The second kappa shape index (κ2) is 10.7. The fraction of sp³-hybridized carbons (Fsp3) is 0.583. The Bertz CT molecular complexity index is 868. The molecule has 1 aliphatic heterocycles. The first-order valence-corrected chi connectivity index (χ1v) is 11.2. The lowest BCUT2D eigenvalue weighted by Crippen LogP contribution is -2.42. The molecule has 0 aliphatic carbocycles. The monoisotopic (exact) mass is 460 g/mol. The van der Waals surface area contributed by atoms with Gasteiger partial charge in [0.25, 0.3) is 0 Å². The van der Waals surface area contributed by atoms with Gasteiger partial charge in [-0.1, -0.05) is 12.1 Å². The summed E-state index contributed by atoms with van der Waals surface area (Å²) in [5, 5.41) is 8.20. The number of ether oxygens (including phenoxy) is 1. The molecule has 0 radical (unpaired) electrons. The molecule has 1 heterocycles. The number of alkyl carbamates (subject to hydrolysis) is 1. The van der Waals surface area contributed by atoms with E-state index >= 15 is 0 Å². The Morgan fingerprint density at radius 2 is 1.67 bits per heavy atom. The van der Waals surface area contributed by atoms with Crippen molar-refractivity contribution in [2.24, 2.45) is 5.92 Å². The lowest BCUT2D eigenvalue weighted by Gasteiger charge is -2.31. The molecule has 0 bridgehead atoms. The van der Waals surface area contributed by atoms with Gasteiger partial charge in [-0.05, 0) is 59.2 Å². The van der Waals surface area contributed by atoms with Crippen LogP contribution in [0.2, 0.25) is 0 Å². The van der Waals surface area contributed by atoms with Gasteiger partial charge in [-0.3, -0.25) is 14.4 Å². The lowest BCUT2D eigenvalue weighted by atomic mass is 10.1. The van der Waals surface area contributed by atoms with Crippen LogP contribution in [0.15, 0.2) is 24.3 Å². The van der Waals surface area contributed by atoms with Crippen LogP contribution in [0.3, 0.4) is 0 Å². The van der Waals surface area contributed by atoms with E-state index in [0.29, 0.717) is 18.8 Å². The van der Waals surface area contributed by atoms with Crippen molar-refractivity contribution < 1.29 is 23.9 Å². The van der Waals surface area contributed by atoms with Crippen LogP contribution in [0.1, 0.15) is 59.9 Å². The van der Waals surface area contributed by atoms with E-state index in [1.54, 1.807) is 37.8 Å². The third-order valence-electron chi connectivity index (χ3n) is 5.04. The van der Waals surface area contributed by atoms with E-state index in [2.05, 4.69) is 16.0 Å². The molecule has 4 amide bonds. The molecule has 33 heavy (non-hydrogen) atoms. The zero-order chi connectivity index (χ0) is 24.8. The normalized spacial score (nSPS) is 16.4. The van der Waals surface area contributed by atoms with E-state index in [0.717, 1.165) is 5.56 Å². The van der Waals surface area contributed by atoms with Crippen molar-refractivity contribution in [3.63, 3.8) is 0 Å². The van der Waals surface area contributed by atoms with Crippen molar-refractivity contribution in [2.75, 3.05) is 18.4 Å². The highest BCUT2D eigenvalue weighted by molar-refractivity contribution is 5.97. The van der Waals surface area contributed by atoms with E-state index in [1.165, 1.54) is 0 Å². The quantitative estimate of drug-likeness (QED) is 0.578. The van der Waals surface area contributed by atoms with Gasteiger partial charge in [-0.25, -0.2) is 4.79 Å². The third kappa shape index (κ3) is 8.75. The summed E-state index contributed by atoms with van der Waals surface area (Å²) in [6, 6.07) is 7.16. The molecule has 0 saturated carbocycles. The maximum absolute atomic E-state index is 12.6. The number of amides is 4. The number of carbonyl (C=O) groups is 4. The SMILES string of the molecule is CC(C)(C)OC(=O)NCCC(=O)NCc1ccc(NC(=O)C2CC(=O)N(C(C)(C)C)C2)cc1. The molecular weight excluding hydrogens is 424 g/mol. The number of carbonyl (C=O) groups excluding carboxylic acids is 4. The van der Waals surface area contributed by atoms with Crippen molar-refractivity contribution in [1.82, 2.24) is 15.5 Å². The van der Waals surface area contributed by atoms with Crippen molar-refractivity contribution in [3.8, 4) is 0 Å². The summed E-state index contributed by atoms with van der Waals surface area (Å²) in [4.78, 5) is 50.1. The highest BCUT2D eigenvalue weighted by atomic mass is 16.6. The summed E-state index contributed by atoms with van der Waals surface area (Å²) < 4.78 is 5.11. The summed E-state index contributed by atoms with van der Waals surface area (Å²) >= 11 is 0. The molecule has 0 spiro atoms. The van der Waals surface area contributed by atoms with Gasteiger partial charge in [0.05, 0.1) is 5.92 Å². The number of nitrogens with zero attached hydrogens (tertiary/aromatic N) is 1. The highest BCUT2D eigenvalue weighted by Crippen LogP contribution is 2.26. The molecule has 1 atom stereocenters. The van der Waals surface area contributed by atoms with Crippen molar-refractivity contribution in [3.05, 3.63) is 29.8 Å². The average molecular weight is 461 g/mol. The first-order chi connectivity index (χ1) is 15.2. The Morgan fingerprint density at radius 3 is 2.21 bits per heavy atom. The van der Waals surface area contributed by atoms with E-state index in [1.807, 2.05) is 32.9 Å². The molecular formula is C24H36N4O5. The predicted molar refractivity (Wildman–Crippen MR) is 125 cm³/mol. The summed E-state index contributed by atoms with van der Waals surface area (Å²) in [5.74, 6) is -0.744. The van der Waals surface area contributed by atoms with Crippen LogP contribution in [-0.4, -0.2) is 52.9 Å². The molecule has 2 rings (SSSR count). The van der Waals surface area contributed by atoms with Gasteiger partial charge in [0.15, 0.2) is 0 Å². The van der Waals surface area contributed by atoms with Crippen LogP contribution in [0.4, 0.5) is 10.5 Å². The molecule has 1 aromatic rings. The topological polar surface area (TPSA) is 117 Å². The predicted octanol–water partition coefficient (Wildman–Crippen LogP) is 2.80. The first-order valence-electron chi connectivity index (χ1n) is 11.2. The van der Waals surface area contributed by atoms with Crippen LogP contribution >= 0.6 is 0 Å². The number of hydrogen-bond donors (Lipinski definition) is 3. The summed E-state index contributed by atoms with van der Waals surface area (Å²) in [6.07, 6.45) is -0.198. The third-order valence-corrected chi connectivity index (χ3v) is 5.04. The number of benzene rings is 1. The van der Waals surface area contributed by atoms with Gasteiger partial charge in [0.1, 0.15) is 5.60 Å². The van der Waals surface area contributed by atoms with E-state index in [-0.39, 0.29) is 48.6 Å². The average Bonchev–Trinajstić information content (AvgIpc) is 3.08. The molecule has 1 aromatic carbocycles. The first kappa shape index (κ1) is 26.2. The largest absolute Gasteiger partial charge is 0.444 e. The van der Waals surface area contributed by atoms with Crippen molar-refractivity contribution in [1.29, 1.82) is 0 Å². The van der Waals surface area contributed by atoms with Crippen LogP contribution in [0, 0.1) is 5.92 Å². The molecule has 1 unspecified atom stereocenters. The molecule has 9 nitrogen and oxygen atoms in total. The zero-order valence-electron chi connectivity index (χ0n) is 20.4. The minimum atomic E-state index is -0.584. The van der Waals surface area contributed by atoms with Gasteiger partial charge in [-0.2, -0.15) is 0 Å². The maximum Gasteiger partial charge on any atom is 0.407 e. The molecule has 1 fully saturated rings. The zero-order valence-corrected chi connectivity index (χ0v) is 20.4. The van der Waals surface area contributed by atoms with E-state index < -0.39 is 11.7 Å². The van der Waals surface area contributed by atoms with E-state index in [9.17, 15) is 19.2 Å². The Kier molecular flexibility index (Phi) is 8.46. The van der Waals surface area contributed by atoms with Gasteiger partial charge >= 0.3 is 6.09 Å². The van der Waals surface area contributed by atoms with Gasteiger partial charge in [0.2, 0.25) is 17.7 Å². The smallest absolute Gasteiger partial charge is 0.407 e. The molecule has 182 valence electrons. The van der Waals surface area contributed by atoms with Crippen molar-refractivity contribution in [2.45, 2.75) is 72.1 Å². The Labute approximate surface area is 195 Å². The van der Waals surface area contributed by atoms with Crippen LogP contribution in [-0.2, 0) is 25.7 Å². The van der Waals surface area contributed by atoms with Crippen molar-refractivity contribution >= 4 is 29.5 Å². The molecule has 1 saturated heterocycles. The Hall–Kier alpha value is -3.10. The number of rotatable bonds is 7. The second-order valence-corrected chi connectivity index (χ2v) is 10.2. The molecule has 9 heteroatoms. The minimum absolute atomic E-state index is 0.00460.